The largest absolute Gasteiger partial charge is 0.497 e. The maximum Gasteiger partial charge on any atom is 0.314 e. The van der Waals surface area contributed by atoms with Crippen molar-refractivity contribution >= 4 is 31.3 Å². The van der Waals surface area contributed by atoms with Crippen LogP contribution in [0.2, 0.25) is 0 Å². The van der Waals surface area contributed by atoms with Crippen molar-refractivity contribution in [1.29, 1.82) is 0 Å². The first-order chi connectivity index (χ1) is 29.3. The van der Waals surface area contributed by atoms with E-state index in [9.17, 15) is 4.79 Å². The minimum absolute atomic E-state index is 0.00640. The van der Waals surface area contributed by atoms with Crippen molar-refractivity contribution in [3.05, 3.63) is 108 Å². The van der Waals surface area contributed by atoms with Gasteiger partial charge in [0.25, 0.3) is 0 Å². The van der Waals surface area contributed by atoms with Crippen LogP contribution in [0.1, 0.15) is 70.9 Å². The van der Waals surface area contributed by atoms with Crippen LogP contribution in [0.3, 0.4) is 0 Å². The Labute approximate surface area is 358 Å². The predicted octanol–water partition coefficient (Wildman–Crippen LogP) is 7.26. The number of nitrogens with zero attached hydrogens (tertiary/aromatic N) is 5. The lowest BCUT2D eigenvalue weighted by atomic mass is 9.79. The van der Waals surface area contributed by atoms with Crippen molar-refractivity contribution in [3.63, 3.8) is 0 Å². The molecule has 3 aromatic carbocycles. The SMILES string of the molecule is C#CCC(C)(C)OC(=O)CP(OC1[C@@H]2OC[C@]1(COC(c1ccccc1)(c1ccc(OC)cc1)c1ccc(OC)cc1)O[C@H]2n1cnc2c(N)ncnc21)N(C(C)C)C(C)C. The van der Waals surface area contributed by atoms with Crippen molar-refractivity contribution in [3.8, 4) is 23.8 Å². The molecule has 0 amide bonds. The fraction of sp³-hybridized carbons (Fsp3) is 0.435. The average molecular weight is 851 g/mol. The molecular weight excluding hydrogens is 796 g/mol. The molecule has 322 valence electrons. The molecule has 61 heavy (non-hydrogen) atoms. The minimum Gasteiger partial charge on any atom is -0.497 e. The third-order valence-corrected chi connectivity index (χ3v) is 13.5. The third-order valence-electron chi connectivity index (χ3n) is 11.1. The molecule has 15 heteroatoms. The van der Waals surface area contributed by atoms with E-state index in [0.717, 1.165) is 16.7 Å². The van der Waals surface area contributed by atoms with Crippen LogP contribution >= 0.6 is 8.30 Å². The molecule has 2 N–H and O–H groups in total. The molecule has 0 aliphatic carbocycles. The van der Waals surface area contributed by atoms with Gasteiger partial charge in [0.05, 0.1) is 33.8 Å². The Balaban J connectivity index is 1.35. The molecule has 2 aliphatic rings. The summed E-state index contributed by atoms with van der Waals surface area (Å²) < 4.78 is 49.9. The third kappa shape index (κ3) is 8.69. The molecule has 14 nitrogen and oxygen atoms in total. The van der Waals surface area contributed by atoms with Gasteiger partial charge in [-0.3, -0.25) is 14.0 Å². The van der Waals surface area contributed by atoms with Gasteiger partial charge in [0.2, 0.25) is 0 Å². The summed E-state index contributed by atoms with van der Waals surface area (Å²) in [5.41, 5.74) is 6.48. The van der Waals surface area contributed by atoms with Gasteiger partial charge in [0, 0.05) is 18.5 Å². The molecule has 0 radical (unpaired) electrons. The topological polar surface area (TPSA) is 155 Å². The van der Waals surface area contributed by atoms with Crippen LogP contribution in [0.4, 0.5) is 5.82 Å². The number of benzene rings is 3. The second-order valence-corrected chi connectivity index (χ2v) is 18.1. The number of carbonyl (C=O) groups is 1. The van der Waals surface area contributed by atoms with E-state index in [-0.39, 0.29) is 43.7 Å². The number of hydrogen-bond donors (Lipinski definition) is 1. The lowest BCUT2D eigenvalue weighted by molar-refractivity contribution is -0.201. The predicted molar refractivity (Wildman–Crippen MR) is 233 cm³/mol. The molecule has 2 unspecified atom stereocenters. The number of hydrogen-bond acceptors (Lipinski definition) is 13. The second kappa shape index (κ2) is 18.1. The van der Waals surface area contributed by atoms with Crippen LogP contribution in [0.25, 0.3) is 11.2 Å². The van der Waals surface area contributed by atoms with Gasteiger partial charge in [-0.25, -0.2) is 15.0 Å². The zero-order valence-electron chi connectivity index (χ0n) is 36.0. The molecule has 2 aromatic heterocycles. The Hall–Kier alpha value is -5.13. The highest BCUT2D eigenvalue weighted by Gasteiger charge is 2.65. The maximum atomic E-state index is 13.8. The maximum absolute atomic E-state index is 13.8. The van der Waals surface area contributed by atoms with E-state index in [1.807, 2.05) is 92.7 Å². The molecule has 7 rings (SSSR count). The van der Waals surface area contributed by atoms with E-state index >= 15 is 0 Å². The first-order valence-electron chi connectivity index (χ1n) is 20.3. The Morgan fingerprint density at radius 2 is 1.56 bits per heavy atom. The van der Waals surface area contributed by atoms with Crippen molar-refractivity contribution in [1.82, 2.24) is 24.2 Å². The fourth-order valence-electron chi connectivity index (χ4n) is 8.39. The number of ether oxygens (including phenoxy) is 6. The number of terminal acetylenes is 1. The zero-order valence-corrected chi connectivity index (χ0v) is 36.9. The summed E-state index contributed by atoms with van der Waals surface area (Å²) in [4.78, 5) is 27.1. The Morgan fingerprint density at radius 1 is 0.951 bits per heavy atom. The number of aromatic nitrogens is 4. The van der Waals surface area contributed by atoms with Crippen molar-refractivity contribution in [2.24, 2.45) is 0 Å². The van der Waals surface area contributed by atoms with Crippen LogP contribution in [-0.2, 0) is 33.9 Å². The summed E-state index contributed by atoms with van der Waals surface area (Å²) in [6.45, 7) is 12.1. The van der Waals surface area contributed by atoms with Crippen molar-refractivity contribution < 1.29 is 37.7 Å². The average Bonchev–Trinajstić information content (AvgIpc) is 3.91. The number of nitrogen functional groups attached to an aromatic ring is 1. The van der Waals surface area contributed by atoms with E-state index in [1.54, 1.807) is 25.1 Å². The lowest BCUT2D eigenvalue weighted by Crippen LogP contribution is -2.49. The van der Waals surface area contributed by atoms with Gasteiger partial charge >= 0.3 is 5.97 Å². The van der Waals surface area contributed by atoms with Gasteiger partial charge in [0.15, 0.2) is 17.7 Å². The van der Waals surface area contributed by atoms with Gasteiger partial charge in [0.1, 0.15) is 66.8 Å². The van der Waals surface area contributed by atoms with E-state index in [0.29, 0.717) is 22.7 Å². The van der Waals surface area contributed by atoms with Crippen LogP contribution in [0.5, 0.6) is 11.5 Å². The Kier molecular flexibility index (Phi) is 13.0. The van der Waals surface area contributed by atoms with Gasteiger partial charge in [-0.05, 0) is 82.5 Å². The Morgan fingerprint density at radius 3 is 2.13 bits per heavy atom. The molecule has 5 atom stereocenters. The number of carbonyl (C=O) groups excluding carboxylic acids is 1. The highest BCUT2D eigenvalue weighted by molar-refractivity contribution is 7.51. The molecule has 0 spiro atoms. The van der Waals surface area contributed by atoms with Gasteiger partial charge < -0.3 is 38.7 Å². The quantitative estimate of drug-likeness (QED) is 0.0408. The first-order valence-corrected chi connectivity index (χ1v) is 21.7. The first kappa shape index (κ1) is 43.9. The van der Waals surface area contributed by atoms with Crippen molar-refractivity contribution in [2.45, 2.75) is 95.3 Å². The number of anilines is 1. The summed E-state index contributed by atoms with van der Waals surface area (Å²) in [6, 6.07) is 25.8. The standard InChI is InChI=1S/C46H55N6O8P/c1-10-24-44(6,7)58-37(53)25-61(52(30(2)3)31(4)5)60-40-39-43(51-29-50-38-41(47)48-28-49-42(38)51)59-45(40,26-56-39)27-57-46(32-14-12-11-13-15-32,33-16-20-35(54-8)21-17-33)34-18-22-36(55-9)23-19-34/h1,11-23,28-31,39-40,43H,24-27H2,2-9H3,(H2,47,48,49)/t39-,40?,43+,45+,61?/m0/s1. The molecule has 4 heterocycles. The summed E-state index contributed by atoms with van der Waals surface area (Å²) in [5, 5.41) is 0. The summed E-state index contributed by atoms with van der Waals surface area (Å²) >= 11 is 0. The van der Waals surface area contributed by atoms with Gasteiger partial charge in [-0.1, -0.05) is 54.6 Å². The lowest BCUT2D eigenvalue weighted by Gasteiger charge is -2.42. The van der Waals surface area contributed by atoms with Crippen LogP contribution in [0, 0.1) is 12.3 Å². The summed E-state index contributed by atoms with van der Waals surface area (Å²) in [5.74, 6) is 3.85. The molecule has 2 fully saturated rings. The highest BCUT2D eigenvalue weighted by atomic mass is 31.2. The number of nitrogens with two attached hydrogens (primary N) is 1. The van der Waals surface area contributed by atoms with E-state index in [4.69, 9.17) is 45.1 Å². The normalized spacial score (nSPS) is 20.7. The van der Waals surface area contributed by atoms with Crippen LogP contribution in [0.15, 0.2) is 91.5 Å². The van der Waals surface area contributed by atoms with Gasteiger partial charge in [-0.15, -0.1) is 12.3 Å². The number of fused-ring (bicyclic) bond motifs is 3. The number of imidazole rings is 1. The summed E-state index contributed by atoms with van der Waals surface area (Å²) in [7, 11) is 1.61. The second-order valence-electron chi connectivity index (χ2n) is 16.4. The fourth-order valence-corrected chi connectivity index (χ4v) is 10.6. The van der Waals surface area contributed by atoms with E-state index < -0.39 is 49.5 Å². The van der Waals surface area contributed by atoms with E-state index in [2.05, 4.69) is 53.2 Å². The highest BCUT2D eigenvalue weighted by Crippen LogP contribution is 2.56. The summed E-state index contributed by atoms with van der Waals surface area (Å²) in [6.07, 6.45) is 6.71. The molecule has 2 bridgehead atoms. The molecule has 5 aromatic rings. The van der Waals surface area contributed by atoms with Crippen LogP contribution < -0.4 is 15.2 Å². The van der Waals surface area contributed by atoms with Crippen molar-refractivity contribution in [2.75, 3.05) is 39.3 Å². The minimum atomic E-state index is -1.67. The number of methoxy groups -OCH3 is 2. The number of esters is 1. The Bertz CT molecular complexity index is 2260. The van der Waals surface area contributed by atoms with Crippen LogP contribution in [-0.4, -0.2) is 99.2 Å². The molecule has 2 saturated heterocycles. The zero-order chi connectivity index (χ0) is 43.5. The molecule has 2 aliphatic heterocycles. The smallest absolute Gasteiger partial charge is 0.314 e. The van der Waals surface area contributed by atoms with E-state index in [1.165, 1.54) is 6.33 Å². The van der Waals surface area contributed by atoms with Gasteiger partial charge in [-0.2, -0.15) is 0 Å². The molecular formula is C46H55N6O8P. The monoisotopic (exact) mass is 850 g/mol. The molecule has 0 saturated carbocycles. The number of rotatable bonds is 18.